The monoisotopic (exact) mass is 498 g/mol. The summed E-state index contributed by atoms with van der Waals surface area (Å²) in [4.78, 5) is 30.1. The molecule has 1 atom stereocenters. The van der Waals surface area contributed by atoms with Gasteiger partial charge in [0.25, 0.3) is 11.7 Å². The maximum Gasteiger partial charge on any atom is 0.295 e. The summed E-state index contributed by atoms with van der Waals surface area (Å²) in [5, 5.41) is 21.8. The van der Waals surface area contributed by atoms with E-state index in [2.05, 4.69) is 4.90 Å². The average molecular weight is 499 g/mol. The number of hydrogen-bond acceptors (Lipinski definition) is 9. The van der Waals surface area contributed by atoms with Crippen LogP contribution in [-0.4, -0.2) is 92.4 Å². The van der Waals surface area contributed by atoms with Crippen LogP contribution in [0.4, 0.5) is 0 Å². The van der Waals surface area contributed by atoms with Crippen LogP contribution in [0.1, 0.15) is 17.2 Å². The van der Waals surface area contributed by atoms with E-state index in [1.54, 1.807) is 24.3 Å². The third kappa shape index (κ3) is 4.82. The van der Waals surface area contributed by atoms with Crippen molar-refractivity contribution in [3.8, 4) is 23.0 Å². The number of benzene rings is 2. The maximum atomic E-state index is 13.3. The SMILES string of the molecule is COc1ccc(C(O)=C2C(=O)C(=O)N(CCN3CCOCC3)C2c2ccc(OC)c(OC)c2)c(O)c1. The second-order valence-corrected chi connectivity index (χ2v) is 8.44. The molecular formula is C26H30N2O8. The fraction of sp³-hybridized carbons (Fsp3) is 0.385. The summed E-state index contributed by atoms with van der Waals surface area (Å²) in [5.74, 6) is -1.02. The summed E-state index contributed by atoms with van der Waals surface area (Å²) in [7, 11) is 4.45. The zero-order valence-electron chi connectivity index (χ0n) is 20.5. The van der Waals surface area contributed by atoms with Crippen LogP contribution in [0.15, 0.2) is 42.0 Å². The minimum absolute atomic E-state index is 0.0208. The van der Waals surface area contributed by atoms with Crippen LogP contribution < -0.4 is 14.2 Å². The minimum Gasteiger partial charge on any atom is -0.507 e. The number of phenols is 1. The van der Waals surface area contributed by atoms with Crippen LogP contribution in [0.25, 0.3) is 5.76 Å². The van der Waals surface area contributed by atoms with Gasteiger partial charge in [0, 0.05) is 32.2 Å². The van der Waals surface area contributed by atoms with Gasteiger partial charge in [-0.1, -0.05) is 6.07 Å². The van der Waals surface area contributed by atoms with Crippen molar-refractivity contribution in [2.24, 2.45) is 0 Å². The number of ether oxygens (including phenoxy) is 4. The van der Waals surface area contributed by atoms with Crippen LogP contribution in [0.2, 0.25) is 0 Å². The number of aliphatic hydroxyl groups excluding tert-OH is 1. The molecule has 4 rings (SSSR count). The van der Waals surface area contributed by atoms with Crippen molar-refractivity contribution >= 4 is 17.4 Å². The first kappa shape index (κ1) is 25.3. The molecule has 2 heterocycles. The molecule has 192 valence electrons. The molecule has 0 aliphatic carbocycles. The molecule has 0 spiro atoms. The van der Waals surface area contributed by atoms with Gasteiger partial charge in [0.15, 0.2) is 11.5 Å². The predicted octanol–water partition coefficient (Wildman–Crippen LogP) is 2.17. The van der Waals surface area contributed by atoms with E-state index < -0.39 is 23.5 Å². The highest BCUT2D eigenvalue weighted by Crippen LogP contribution is 2.43. The Morgan fingerprint density at radius 3 is 2.33 bits per heavy atom. The van der Waals surface area contributed by atoms with Gasteiger partial charge in [-0.15, -0.1) is 0 Å². The Kier molecular flexibility index (Phi) is 7.66. The number of rotatable bonds is 8. The van der Waals surface area contributed by atoms with E-state index in [9.17, 15) is 19.8 Å². The summed E-state index contributed by atoms with van der Waals surface area (Å²) in [6.07, 6.45) is 0. The number of likely N-dealkylation sites (tertiary alicyclic amines) is 1. The highest BCUT2D eigenvalue weighted by molar-refractivity contribution is 6.46. The number of ketones is 1. The molecule has 0 saturated carbocycles. The lowest BCUT2D eigenvalue weighted by Gasteiger charge is -2.31. The molecule has 0 radical (unpaired) electrons. The summed E-state index contributed by atoms with van der Waals surface area (Å²) in [6, 6.07) is 8.51. The molecule has 2 aromatic carbocycles. The molecule has 2 saturated heterocycles. The number of hydrogen-bond donors (Lipinski definition) is 2. The molecule has 10 nitrogen and oxygen atoms in total. The number of carbonyl (C=O) groups is 2. The van der Waals surface area contributed by atoms with Crippen LogP contribution in [0.3, 0.4) is 0 Å². The Hall–Kier alpha value is -3.76. The zero-order valence-corrected chi connectivity index (χ0v) is 20.5. The summed E-state index contributed by atoms with van der Waals surface area (Å²) < 4.78 is 21.3. The first-order valence-electron chi connectivity index (χ1n) is 11.6. The number of Topliss-reactive ketones (excluding diaryl/α,β-unsaturated/α-hetero) is 1. The number of phenolic OH excluding ortho intramolecular Hbond substituents is 1. The summed E-state index contributed by atoms with van der Waals surface area (Å²) in [5.41, 5.74) is 0.463. The third-order valence-corrected chi connectivity index (χ3v) is 6.48. The summed E-state index contributed by atoms with van der Waals surface area (Å²) in [6.45, 7) is 3.46. The third-order valence-electron chi connectivity index (χ3n) is 6.48. The van der Waals surface area contributed by atoms with Gasteiger partial charge < -0.3 is 34.1 Å². The van der Waals surface area contributed by atoms with Crippen LogP contribution in [0, 0.1) is 0 Å². The first-order chi connectivity index (χ1) is 17.4. The zero-order chi connectivity index (χ0) is 25.8. The molecule has 0 aromatic heterocycles. The van der Waals surface area contributed by atoms with Crippen molar-refractivity contribution in [2.75, 3.05) is 60.7 Å². The van der Waals surface area contributed by atoms with Crippen LogP contribution in [-0.2, 0) is 14.3 Å². The topological polar surface area (TPSA) is 118 Å². The van der Waals surface area contributed by atoms with E-state index in [0.717, 1.165) is 13.1 Å². The smallest absolute Gasteiger partial charge is 0.295 e. The van der Waals surface area contributed by atoms with Crippen molar-refractivity contribution in [1.29, 1.82) is 0 Å². The largest absolute Gasteiger partial charge is 0.507 e. The minimum atomic E-state index is -0.896. The summed E-state index contributed by atoms with van der Waals surface area (Å²) >= 11 is 0. The number of methoxy groups -OCH3 is 3. The lowest BCUT2D eigenvalue weighted by molar-refractivity contribution is -0.140. The highest BCUT2D eigenvalue weighted by atomic mass is 16.5. The molecule has 1 amide bonds. The van der Waals surface area contributed by atoms with E-state index in [0.29, 0.717) is 42.6 Å². The van der Waals surface area contributed by atoms with Gasteiger partial charge >= 0.3 is 0 Å². The van der Waals surface area contributed by atoms with Gasteiger partial charge in [0.05, 0.1) is 51.7 Å². The van der Waals surface area contributed by atoms with E-state index >= 15 is 0 Å². The number of aromatic hydroxyl groups is 1. The van der Waals surface area contributed by atoms with Crippen molar-refractivity contribution in [1.82, 2.24) is 9.80 Å². The molecule has 2 fully saturated rings. The Morgan fingerprint density at radius 1 is 0.972 bits per heavy atom. The first-order valence-corrected chi connectivity index (χ1v) is 11.6. The highest BCUT2D eigenvalue weighted by Gasteiger charge is 2.46. The van der Waals surface area contributed by atoms with Crippen molar-refractivity contribution in [3.63, 3.8) is 0 Å². The van der Waals surface area contributed by atoms with E-state index in [1.165, 1.54) is 38.4 Å². The van der Waals surface area contributed by atoms with Crippen LogP contribution in [0.5, 0.6) is 23.0 Å². The molecule has 2 aliphatic rings. The molecule has 2 aromatic rings. The molecule has 2 N–H and O–H groups in total. The maximum absolute atomic E-state index is 13.3. The lowest BCUT2D eigenvalue weighted by atomic mass is 9.94. The van der Waals surface area contributed by atoms with Gasteiger partial charge in [0.1, 0.15) is 17.3 Å². The molecule has 2 aliphatic heterocycles. The molecule has 36 heavy (non-hydrogen) atoms. The standard InChI is InChI=1S/C26H30N2O8/c1-33-17-5-6-18(19(29)15-17)24(30)22-23(16-4-7-20(34-2)21(14-16)35-3)28(26(32)25(22)31)9-8-27-10-12-36-13-11-27/h4-7,14-15,23,29-30H,8-13H2,1-3H3. The number of amides is 1. The quantitative estimate of drug-likeness (QED) is 0.321. The van der Waals surface area contributed by atoms with Crippen molar-refractivity contribution in [2.45, 2.75) is 6.04 Å². The van der Waals surface area contributed by atoms with E-state index in [4.69, 9.17) is 18.9 Å². The van der Waals surface area contributed by atoms with Crippen molar-refractivity contribution < 1.29 is 38.7 Å². The molecular weight excluding hydrogens is 468 g/mol. The number of nitrogens with zero attached hydrogens (tertiary/aromatic N) is 2. The predicted molar refractivity (Wildman–Crippen MR) is 130 cm³/mol. The Balaban J connectivity index is 1.80. The Morgan fingerprint density at radius 2 is 1.69 bits per heavy atom. The fourth-order valence-electron chi connectivity index (χ4n) is 4.54. The van der Waals surface area contributed by atoms with Gasteiger partial charge in [0.2, 0.25) is 0 Å². The Bertz CT molecular complexity index is 1170. The van der Waals surface area contributed by atoms with E-state index in [-0.39, 0.29) is 23.4 Å². The van der Waals surface area contributed by atoms with Gasteiger partial charge in [-0.05, 0) is 29.8 Å². The average Bonchev–Trinajstić information content (AvgIpc) is 3.16. The normalized spacial score (nSPS) is 20.0. The number of carbonyl (C=O) groups excluding carboxylic acids is 2. The molecule has 0 bridgehead atoms. The fourth-order valence-corrected chi connectivity index (χ4v) is 4.54. The second kappa shape index (κ2) is 10.9. The van der Waals surface area contributed by atoms with Crippen molar-refractivity contribution in [3.05, 3.63) is 53.1 Å². The van der Waals surface area contributed by atoms with Gasteiger partial charge in [-0.25, -0.2) is 0 Å². The molecule has 10 heteroatoms. The van der Waals surface area contributed by atoms with Gasteiger partial charge in [-0.2, -0.15) is 0 Å². The Labute approximate surface area is 209 Å². The van der Waals surface area contributed by atoms with Crippen LogP contribution >= 0.6 is 0 Å². The van der Waals surface area contributed by atoms with E-state index in [1.807, 2.05) is 0 Å². The van der Waals surface area contributed by atoms with Gasteiger partial charge in [-0.3, -0.25) is 14.5 Å². The number of morpholine rings is 1. The molecule has 1 unspecified atom stereocenters. The second-order valence-electron chi connectivity index (χ2n) is 8.44. The number of aliphatic hydroxyl groups is 1. The lowest BCUT2D eigenvalue weighted by Crippen LogP contribution is -2.42.